The van der Waals surface area contributed by atoms with E-state index in [0.29, 0.717) is 57.5 Å². The van der Waals surface area contributed by atoms with Crippen molar-refractivity contribution >= 4 is 5.91 Å². The molecule has 7 nitrogen and oxygen atoms in total. The lowest BCUT2D eigenvalue weighted by molar-refractivity contribution is -0.144. The normalized spacial score (nSPS) is 34.8. The van der Waals surface area contributed by atoms with Crippen LogP contribution in [0.2, 0.25) is 0 Å². The van der Waals surface area contributed by atoms with E-state index in [-0.39, 0.29) is 36.6 Å². The molecule has 0 aromatic heterocycles. The number of rotatable bonds is 5. The number of nitrogens with one attached hydrogen (secondary N) is 1. The summed E-state index contributed by atoms with van der Waals surface area (Å²) >= 11 is 0. The second kappa shape index (κ2) is 9.79. The maximum absolute atomic E-state index is 14.3. The number of alkyl halides is 3. The Labute approximate surface area is 215 Å². The quantitative estimate of drug-likeness (QED) is 0.640. The molecule has 37 heavy (non-hydrogen) atoms. The number of halogens is 3. The molecule has 0 spiro atoms. The van der Waals surface area contributed by atoms with E-state index in [1.54, 1.807) is 13.2 Å². The second-order valence-corrected chi connectivity index (χ2v) is 11.5. The first-order valence-corrected chi connectivity index (χ1v) is 13.4. The average molecular weight is 524 g/mol. The van der Waals surface area contributed by atoms with Crippen molar-refractivity contribution in [3.05, 3.63) is 34.9 Å². The van der Waals surface area contributed by atoms with Gasteiger partial charge in [-0.3, -0.25) is 9.69 Å². The van der Waals surface area contributed by atoms with E-state index in [9.17, 15) is 18.0 Å². The predicted octanol–water partition coefficient (Wildman–Crippen LogP) is 2.46. The summed E-state index contributed by atoms with van der Waals surface area (Å²) in [6.45, 7) is 5.00. The van der Waals surface area contributed by atoms with E-state index >= 15 is 0 Å². The highest BCUT2D eigenvalue weighted by Crippen LogP contribution is 2.51. The van der Waals surface area contributed by atoms with Crippen molar-refractivity contribution in [2.75, 3.05) is 53.2 Å². The van der Waals surface area contributed by atoms with Gasteiger partial charge in [-0.25, -0.2) is 0 Å². The van der Waals surface area contributed by atoms with Crippen molar-refractivity contribution < 1.29 is 32.2 Å². The molecule has 4 heterocycles. The lowest BCUT2D eigenvalue weighted by atomic mass is 9.78. The van der Waals surface area contributed by atoms with Gasteiger partial charge in [-0.05, 0) is 54.9 Å². The first-order valence-electron chi connectivity index (χ1n) is 13.4. The Morgan fingerprint density at radius 2 is 2.03 bits per heavy atom. The molecule has 10 heteroatoms. The second-order valence-electron chi connectivity index (χ2n) is 11.5. The Balaban J connectivity index is 1.22. The molecule has 4 aliphatic heterocycles. The first kappa shape index (κ1) is 25.6. The standard InChI is InChI=1S/C27H36F3N3O4/c1-35-24-15-36-7-5-23(24)31-21-9-20-12-33(22-13-37-14-22)16-26(20,10-21)25(34)32-6-4-17-2-3-19(27(28,29)30)8-18(17)11-32/h2-3,8,20-24,31H,4-7,9-16H2,1H3/t20-,21+,23?,24?,26-/m0/s1. The molecule has 1 amide bonds. The van der Waals surface area contributed by atoms with Crippen LogP contribution in [0.5, 0.6) is 0 Å². The topological polar surface area (TPSA) is 63.3 Å². The molecule has 3 saturated heterocycles. The molecular formula is C27H36F3N3O4. The van der Waals surface area contributed by atoms with Crippen LogP contribution in [0, 0.1) is 11.3 Å². The summed E-state index contributed by atoms with van der Waals surface area (Å²) in [6.07, 6.45) is -1.30. The maximum atomic E-state index is 14.3. The smallest absolute Gasteiger partial charge is 0.379 e. The fraction of sp³-hybridized carbons (Fsp3) is 0.741. The van der Waals surface area contributed by atoms with E-state index in [1.165, 1.54) is 6.07 Å². The van der Waals surface area contributed by atoms with Crippen LogP contribution < -0.4 is 5.32 Å². The summed E-state index contributed by atoms with van der Waals surface area (Å²) in [7, 11) is 1.71. The molecular weight excluding hydrogens is 487 g/mol. The molecule has 1 aliphatic carbocycles. The number of hydrogen-bond donors (Lipinski definition) is 1. The van der Waals surface area contributed by atoms with Crippen LogP contribution in [0.1, 0.15) is 36.0 Å². The third-order valence-electron chi connectivity index (χ3n) is 9.35. The lowest BCUT2D eigenvalue weighted by Gasteiger charge is -2.40. The van der Waals surface area contributed by atoms with Crippen LogP contribution in [0.25, 0.3) is 0 Å². The zero-order chi connectivity index (χ0) is 25.8. The van der Waals surface area contributed by atoms with Crippen LogP contribution in [-0.4, -0.2) is 93.1 Å². The number of methoxy groups -OCH3 is 1. The highest BCUT2D eigenvalue weighted by molar-refractivity contribution is 5.84. The Hall–Kier alpha value is -1.72. The van der Waals surface area contributed by atoms with Gasteiger partial charge in [0.05, 0.1) is 42.9 Å². The van der Waals surface area contributed by atoms with Crippen LogP contribution in [-0.2, 0) is 38.1 Å². The fourth-order valence-corrected chi connectivity index (χ4v) is 7.24. The third-order valence-corrected chi connectivity index (χ3v) is 9.35. The number of carbonyl (C=O) groups excluding carboxylic acids is 1. The van der Waals surface area contributed by atoms with Crippen molar-refractivity contribution in [3.8, 4) is 0 Å². The Morgan fingerprint density at radius 3 is 2.76 bits per heavy atom. The van der Waals surface area contributed by atoms with Crippen molar-refractivity contribution in [2.24, 2.45) is 11.3 Å². The van der Waals surface area contributed by atoms with Crippen LogP contribution in [0.15, 0.2) is 18.2 Å². The van der Waals surface area contributed by atoms with Crippen LogP contribution in [0.4, 0.5) is 13.2 Å². The highest BCUT2D eigenvalue weighted by Gasteiger charge is 2.60. The number of fused-ring (bicyclic) bond motifs is 2. The molecule has 0 bridgehead atoms. The van der Waals surface area contributed by atoms with Gasteiger partial charge in [0.1, 0.15) is 0 Å². The number of benzene rings is 1. The minimum absolute atomic E-state index is 0.00843. The predicted molar refractivity (Wildman–Crippen MR) is 129 cm³/mol. The van der Waals surface area contributed by atoms with Crippen LogP contribution >= 0.6 is 0 Å². The minimum atomic E-state index is -4.39. The number of likely N-dealkylation sites (tertiary alicyclic amines) is 1. The largest absolute Gasteiger partial charge is 0.416 e. The zero-order valence-electron chi connectivity index (χ0n) is 21.3. The summed E-state index contributed by atoms with van der Waals surface area (Å²) < 4.78 is 56.7. The molecule has 6 rings (SSSR count). The van der Waals surface area contributed by atoms with Gasteiger partial charge in [-0.15, -0.1) is 0 Å². The molecule has 1 aromatic rings. The van der Waals surface area contributed by atoms with Crippen molar-refractivity contribution in [1.29, 1.82) is 0 Å². The van der Waals surface area contributed by atoms with E-state index in [1.807, 2.05) is 4.90 Å². The van der Waals surface area contributed by atoms with Crippen molar-refractivity contribution in [2.45, 2.75) is 62.6 Å². The van der Waals surface area contributed by atoms with E-state index < -0.39 is 17.2 Å². The highest BCUT2D eigenvalue weighted by atomic mass is 19.4. The third kappa shape index (κ3) is 4.69. The van der Waals surface area contributed by atoms with Crippen molar-refractivity contribution in [3.63, 3.8) is 0 Å². The summed E-state index contributed by atoms with van der Waals surface area (Å²) in [6, 6.07) is 4.69. The molecule has 5 atom stereocenters. The van der Waals surface area contributed by atoms with Gasteiger partial charge in [0, 0.05) is 52.0 Å². The van der Waals surface area contributed by atoms with E-state index in [4.69, 9.17) is 14.2 Å². The summed E-state index contributed by atoms with van der Waals surface area (Å²) in [5, 5.41) is 3.80. The monoisotopic (exact) mass is 523 g/mol. The number of ether oxygens (including phenoxy) is 3. The average Bonchev–Trinajstić information content (AvgIpc) is 3.36. The lowest BCUT2D eigenvalue weighted by Crippen LogP contribution is -2.54. The van der Waals surface area contributed by atoms with Gasteiger partial charge in [-0.2, -0.15) is 13.2 Å². The Morgan fingerprint density at radius 1 is 1.19 bits per heavy atom. The van der Waals surface area contributed by atoms with Gasteiger partial charge in [0.25, 0.3) is 0 Å². The Kier molecular flexibility index (Phi) is 6.76. The van der Waals surface area contributed by atoms with Gasteiger partial charge in [-0.1, -0.05) is 6.07 Å². The zero-order valence-corrected chi connectivity index (χ0v) is 21.3. The summed E-state index contributed by atoms with van der Waals surface area (Å²) in [5.74, 6) is 0.310. The van der Waals surface area contributed by atoms with Crippen molar-refractivity contribution in [1.82, 2.24) is 15.1 Å². The molecule has 4 fully saturated rings. The summed E-state index contributed by atoms with van der Waals surface area (Å²) in [4.78, 5) is 18.5. The number of amides is 1. The molecule has 2 unspecified atom stereocenters. The summed E-state index contributed by atoms with van der Waals surface area (Å²) in [5.41, 5.74) is 0.340. The van der Waals surface area contributed by atoms with Crippen LogP contribution in [0.3, 0.4) is 0 Å². The molecule has 5 aliphatic rings. The molecule has 1 aromatic carbocycles. The van der Waals surface area contributed by atoms with Gasteiger partial charge in [0.2, 0.25) is 5.91 Å². The number of carbonyl (C=O) groups is 1. The van der Waals surface area contributed by atoms with E-state index in [2.05, 4.69) is 10.2 Å². The maximum Gasteiger partial charge on any atom is 0.416 e. The minimum Gasteiger partial charge on any atom is -0.379 e. The first-order chi connectivity index (χ1) is 17.8. The van der Waals surface area contributed by atoms with Gasteiger partial charge in [0.15, 0.2) is 0 Å². The number of nitrogens with zero attached hydrogens (tertiary/aromatic N) is 2. The van der Waals surface area contributed by atoms with Gasteiger partial charge >= 0.3 is 6.18 Å². The molecule has 204 valence electrons. The fourth-order valence-electron chi connectivity index (χ4n) is 7.24. The molecule has 1 saturated carbocycles. The van der Waals surface area contributed by atoms with Gasteiger partial charge < -0.3 is 24.4 Å². The molecule has 1 N–H and O–H groups in total. The number of hydrogen-bond acceptors (Lipinski definition) is 6. The SMILES string of the molecule is COC1COCCC1N[C@@H]1C[C@H]2CN(C3COC3)C[C@@]2(C(=O)N2CCc3ccc(C(F)(F)F)cc3C2)C1. The Bertz CT molecular complexity index is 1020. The van der Waals surface area contributed by atoms with E-state index in [0.717, 1.165) is 37.4 Å². The molecule has 0 radical (unpaired) electrons.